The summed E-state index contributed by atoms with van der Waals surface area (Å²) in [7, 11) is 4.19. The molecule has 1 aliphatic carbocycles. The van der Waals surface area contributed by atoms with Crippen molar-refractivity contribution >= 4 is 0 Å². The van der Waals surface area contributed by atoms with Crippen molar-refractivity contribution in [3.8, 4) is 0 Å². The Bertz CT molecular complexity index is 129. The highest BCUT2D eigenvalue weighted by Gasteiger charge is 2.15. The summed E-state index contributed by atoms with van der Waals surface area (Å²) in [4.78, 5) is 2.20. The maximum absolute atomic E-state index is 5.70. The molecule has 0 aromatic rings. The molecule has 2 heteroatoms. The Hall–Kier alpha value is -0.340. The van der Waals surface area contributed by atoms with Crippen molar-refractivity contribution in [2.75, 3.05) is 20.6 Å². The molecule has 0 radical (unpaired) electrons. The van der Waals surface area contributed by atoms with Crippen LogP contribution in [0.3, 0.4) is 0 Å². The Morgan fingerprint density at radius 2 is 2.20 bits per heavy atom. The first kappa shape index (κ1) is 7.76. The molecular weight excluding hydrogens is 124 g/mol. The molecule has 2 unspecified atom stereocenters. The minimum absolute atomic E-state index is 0.310. The Morgan fingerprint density at radius 3 is 2.60 bits per heavy atom. The predicted octanol–water partition coefficient (Wildman–Crippen LogP) is 0.451. The molecule has 2 N–H and O–H groups in total. The fourth-order valence-electron chi connectivity index (χ4n) is 1.41. The zero-order valence-corrected chi connectivity index (χ0v) is 6.75. The van der Waals surface area contributed by atoms with Crippen molar-refractivity contribution in [1.82, 2.24) is 4.90 Å². The summed E-state index contributed by atoms with van der Waals surface area (Å²) in [5.74, 6) is 0.685. The third kappa shape index (κ3) is 2.12. The van der Waals surface area contributed by atoms with Gasteiger partial charge in [-0.3, -0.25) is 0 Å². The quantitative estimate of drug-likeness (QED) is 0.564. The molecular formula is C8H16N2. The molecule has 0 bridgehead atoms. The van der Waals surface area contributed by atoms with Gasteiger partial charge in [0.25, 0.3) is 0 Å². The maximum Gasteiger partial charge on any atom is 0.0229 e. The lowest BCUT2D eigenvalue weighted by molar-refractivity contribution is 0.352. The van der Waals surface area contributed by atoms with Crippen LogP contribution < -0.4 is 5.73 Å². The van der Waals surface area contributed by atoms with Gasteiger partial charge in [-0.25, -0.2) is 0 Å². The lowest BCUT2D eigenvalue weighted by Crippen LogP contribution is -2.22. The van der Waals surface area contributed by atoms with Crippen molar-refractivity contribution in [3.63, 3.8) is 0 Å². The number of nitrogens with zero attached hydrogens (tertiary/aromatic N) is 1. The summed E-state index contributed by atoms with van der Waals surface area (Å²) in [6.45, 7) is 1.13. The average molecular weight is 140 g/mol. The fraction of sp³-hybridized carbons (Fsp3) is 0.750. The van der Waals surface area contributed by atoms with Gasteiger partial charge in [-0.2, -0.15) is 0 Å². The highest BCUT2D eigenvalue weighted by Crippen LogP contribution is 2.16. The van der Waals surface area contributed by atoms with Crippen LogP contribution in [0.4, 0.5) is 0 Å². The van der Waals surface area contributed by atoms with Crippen molar-refractivity contribution in [1.29, 1.82) is 0 Å². The van der Waals surface area contributed by atoms with E-state index in [2.05, 4.69) is 31.1 Å². The predicted molar refractivity (Wildman–Crippen MR) is 43.8 cm³/mol. The van der Waals surface area contributed by atoms with E-state index in [-0.39, 0.29) is 0 Å². The topological polar surface area (TPSA) is 29.3 Å². The molecule has 0 aliphatic heterocycles. The number of hydrogen-bond donors (Lipinski definition) is 1. The number of rotatable bonds is 2. The fourth-order valence-corrected chi connectivity index (χ4v) is 1.41. The zero-order chi connectivity index (χ0) is 7.56. The van der Waals surface area contributed by atoms with Crippen LogP contribution in [-0.2, 0) is 0 Å². The second-order valence-corrected chi connectivity index (χ2v) is 3.31. The van der Waals surface area contributed by atoms with E-state index in [1.54, 1.807) is 0 Å². The van der Waals surface area contributed by atoms with Crippen LogP contribution in [0.25, 0.3) is 0 Å². The first-order valence-corrected chi connectivity index (χ1v) is 3.77. The van der Waals surface area contributed by atoms with E-state index in [1.165, 1.54) is 0 Å². The molecule has 2 atom stereocenters. The zero-order valence-electron chi connectivity index (χ0n) is 6.75. The van der Waals surface area contributed by atoms with Gasteiger partial charge in [-0.05, 0) is 26.4 Å². The summed E-state index contributed by atoms with van der Waals surface area (Å²) < 4.78 is 0. The molecule has 0 fully saturated rings. The van der Waals surface area contributed by atoms with Crippen LogP contribution in [0, 0.1) is 5.92 Å². The molecule has 0 heterocycles. The van der Waals surface area contributed by atoms with Crippen molar-refractivity contribution in [3.05, 3.63) is 12.2 Å². The largest absolute Gasteiger partial charge is 0.324 e. The lowest BCUT2D eigenvalue weighted by Gasteiger charge is -2.14. The van der Waals surface area contributed by atoms with Gasteiger partial charge in [0.2, 0.25) is 0 Å². The van der Waals surface area contributed by atoms with Crippen LogP contribution in [-0.4, -0.2) is 31.6 Å². The summed E-state index contributed by atoms with van der Waals surface area (Å²) >= 11 is 0. The molecule has 0 aromatic carbocycles. The smallest absolute Gasteiger partial charge is 0.0229 e. The summed E-state index contributed by atoms with van der Waals surface area (Å²) in [6.07, 6.45) is 5.46. The second kappa shape index (κ2) is 3.17. The molecule has 0 amide bonds. The highest BCUT2D eigenvalue weighted by molar-refractivity contribution is 5.04. The van der Waals surface area contributed by atoms with E-state index < -0.39 is 0 Å². The second-order valence-electron chi connectivity index (χ2n) is 3.31. The minimum atomic E-state index is 0.310. The van der Waals surface area contributed by atoms with Crippen molar-refractivity contribution in [2.45, 2.75) is 12.5 Å². The molecule has 1 rings (SSSR count). The van der Waals surface area contributed by atoms with Crippen LogP contribution in [0.2, 0.25) is 0 Å². The minimum Gasteiger partial charge on any atom is -0.324 e. The van der Waals surface area contributed by atoms with E-state index in [4.69, 9.17) is 5.73 Å². The Kier molecular flexibility index (Phi) is 2.46. The summed E-state index contributed by atoms with van der Waals surface area (Å²) in [5.41, 5.74) is 5.70. The van der Waals surface area contributed by atoms with E-state index >= 15 is 0 Å². The van der Waals surface area contributed by atoms with Gasteiger partial charge >= 0.3 is 0 Å². The molecule has 0 saturated carbocycles. The van der Waals surface area contributed by atoms with E-state index in [9.17, 15) is 0 Å². The normalized spacial score (nSPS) is 32.0. The highest BCUT2D eigenvalue weighted by atomic mass is 15.1. The molecule has 1 aliphatic rings. The van der Waals surface area contributed by atoms with Gasteiger partial charge < -0.3 is 10.6 Å². The van der Waals surface area contributed by atoms with Crippen molar-refractivity contribution in [2.24, 2.45) is 11.7 Å². The van der Waals surface area contributed by atoms with Gasteiger partial charge in [0.15, 0.2) is 0 Å². The summed E-state index contributed by atoms with van der Waals surface area (Å²) in [6, 6.07) is 0.310. The van der Waals surface area contributed by atoms with Crippen LogP contribution in [0.1, 0.15) is 6.42 Å². The monoisotopic (exact) mass is 140 g/mol. The van der Waals surface area contributed by atoms with E-state index in [0.29, 0.717) is 12.0 Å². The molecule has 0 saturated heterocycles. The van der Waals surface area contributed by atoms with Gasteiger partial charge in [0, 0.05) is 12.6 Å². The maximum atomic E-state index is 5.70. The first-order chi connectivity index (χ1) is 4.68. The Labute approximate surface area is 62.7 Å². The molecule has 10 heavy (non-hydrogen) atoms. The van der Waals surface area contributed by atoms with Gasteiger partial charge in [-0.15, -0.1) is 0 Å². The van der Waals surface area contributed by atoms with Crippen molar-refractivity contribution < 1.29 is 0 Å². The number of nitrogens with two attached hydrogens (primary N) is 1. The van der Waals surface area contributed by atoms with Crippen LogP contribution >= 0.6 is 0 Å². The summed E-state index contributed by atoms with van der Waals surface area (Å²) in [5, 5.41) is 0. The van der Waals surface area contributed by atoms with Crippen LogP contribution in [0.15, 0.2) is 12.2 Å². The third-order valence-corrected chi connectivity index (χ3v) is 1.81. The van der Waals surface area contributed by atoms with E-state index in [0.717, 1.165) is 13.0 Å². The molecule has 0 aromatic heterocycles. The molecule has 58 valence electrons. The molecule has 0 spiro atoms. The molecule has 2 nitrogen and oxygen atoms in total. The lowest BCUT2D eigenvalue weighted by atomic mass is 10.1. The standard InChI is InChI=1S/C8H16N2/c1-10(2)6-7-3-4-8(9)5-7/h3-4,7-8H,5-6,9H2,1-2H3. The number of hydrogen-bond acceptors (Lipinski definition) is 2. The Morgan fingerprint density at radius 1 is 1.50 bits per heavy atom. The van der Waals surface area contributed by atoms with Gasteiger partial charge in [0.05, 0.1) is 0 Å². The first-order valence-electron chi connectivity index (χ1n) is 3.77. The van der Waals surface area contributed by atoms with Gasteiger partial charge in [-0.1, -0.05) is 12.2 Å². The Balaban J connectivity index is 2.26. The van der Waals surface area contributed by atoms with Crippen LogP contribution in [0.5, 0.6) is 0 Å². The van der Waals surface area contributed by atoms with Gasteiger partial charge in [0.1, 0.15) is 0 Å². The SMILES string of the molecule is CN(C)CC1C=CC(N)C1. The average Bonchev–Trinajstić information content (AvgIpc) is 2.13. The van der Waals surface area contributed by atoms with E-state index in [1.807, 2.05) is 0 Å². The third-order valence-electron chi connectivity index (χ3n) is 1.81.